The zero-order valence-electron chi connectivity index (χ0n) is 25.7. The van der Waals surface area contributed by atoms with Crippen LogP contribution in [0.3, 0.4) is 0 Å². The van der Waals surface area contributed by atoms with Gasteiger partial charge in [0.15, 0.2) is 5.78 Å². The molecule has 0 bridgehead atoms. The number of pyridine rings is 1. The van der Waals surface area contributed by atoms with Gasteiger partial charge in [-0.25, -0.2) is 0 Å². The summed E-state index contributed by atoms with van der Waals surface area (Å²) in [6.07, 6.45) is 15.8. The molecule has 0 radical (unpaired) electrons. The number of hydrogen-bond donors (Lipinski definition) is 1. The molecule has 0 amide bonds. The normalized spacial score (nSPS) is 46.9. The minimum atomic E-state index is -0.611. The van der Waals surface area contributed by atoms with E-state index in [-0.39, 0.29) is 22.2 Å². The second kappa shape index (κ2) is 8.88. The molecular formula is C36H49NO3. The van der Waals surface area contributed by atoms with E-state index in [1.807, 2.05) is 18.3 Å². The Morgan fingerprint density at radius 3 is 2.45 bits per heavy atom. The number of carbonyl (C=O) groups excluding carboxylic acids is 1. The Morgan fingerprint density at radius 1 is 1.02 bits per heavy atom. The van der Waals surface area contributed by atoms with Crippen LogP contribution >= 0.6 is 0 Å². The number of aromatic nitrogens is 1. The number of ketones is 1. The molecule has 4 fully saturated rings. The van der Waals surface area contributed by atoms with Crippen molar-refractivity contribution < 1.29 is 14.7 Å². The zero-order chi connectivity index (χ0) is 28.9. The van der Waals surface area contributed by atoms with Gasteiger partial charge in [0.2, 0.25) is 0 Å². The molecule has 5 aliphatic rings. The van der Waals surface area contributed by atoms with Gasteiger partial charge in [-0.1, -0.05) is 66.2 Å². The Hall–Kier alpha value is -2.23. The Labute approximate surface area is 241 Å². The first-order valence-corrected chi connectivity index (χ1v) is 15.8. The summed E-state index contributed by atoms with van der Waals surface area (Å²) in [4.78, 5) is 31.2. The van der Waals surface area contributed by atoms with Crippen LogP contribution in [0.5, 0.6) is 0 Å². The fraction of sp³-hybridized carbons (Fsp3) is 0.694. The van der Waals surface area contributed by atoms with Gasteiger partial charge < -0.3 is 5.11 Å². The molecule has 1 aromatic heterocycles. The first-order valence-electron chi connectivity index (χ1n) is 15.8. The van der Waals surface area contributed by atoms with Gasteiger partial charge in [0.25, 0.3) is 0 Å². The number of rotatable bonds is 2. The van der Waals surface area contributed by atoms with Crippen molar-refractivity contribution in [1.82, 2.24) is 4.98 Å². The lowest BCUT2D eigenvalue weighted by atomic mass is 9.33. The van der Waals surface area contributed by atoms with E-state index >= 15 is 0 Å². The van der Waals surface area contributed by atoms with E-state index in [2.05, 4.69) is 65.6 Å². The molecule has 0 spiro atoms. The Morgan fingerprint density at radius 2 is 1.77 bits per heavy atom. The smallest absolute Gasteiger partial charge is 0.310 e. The van der Waals surface area contributed by atoms with Gasteiger partial charge in [-0.15, -0.1) is 0 Å². The van der Waals surface area contributed by atoms with Crippen LogP contribution in [0.4, 0.5) is 0 Å². The second-order valence-electron chi connectivity index (χ2n) is 15.8. The van der Waals surface area contributed by atoms with Crippen LogP contribution < -0.4 is 0 Å². The predicted molar refractivity (Wildman–Crippen MR) is 159 cm³/mol. The molecule has 0 saturated heterocycles. The number of carboxylic acid groups (broad SMARTS) is 1. The fourth-order valence-corrected chi connectivity index (χ4v) is 11.5. The molecule has 0 aliphatic heterocycles. The summed E-state index contributed by atoms with van der Waals surface area (Å²) < 4.78 is 0. The summed E-state index contributed by atoms with van der Waals surface area (Å²) in [6, 6.07) is 3.98. The van der Waals surface area contributed by atoms with Crippen LogP contribution in [0, 0.1) is 56.7 Å². The summed E-state index contributed by atoms with van der Waals surface area (Å²) in [7, 11) is 0. The highest BCUT2D eigenvalue weighted by molar-refractivity contribution is 6.04. The molecule has 1 N–H and O–H groups in total. The maximum atomic E-state index is 13.9. The number of aliphatic carboxylic acids is 1. The van der Waals surface area contributed by atoms with Gasteiger partial charge in [0, 0.05) is 17.8 Å². The van der Waals surface area contributed by atoms with Crippen LogP contribution in [-0.2, 0) is 9.59 Å². The summed E-state index contributed by atoms with van der Waals surface area (Å²) in [5.41, 5.74) is 2.45. The van der Waals surface area contributed by atoms with Crippen molar-refractivity contribution in [1.29, 1.82) is 0 Å². The van der Waals surface area contributed by atoms with E-state index in [9.17, 15) is 14.7 Å². The highest BCUT2D eigenvalue weighted by Gasteiger charge is 2.70. The van der Waals surface area contributed by atoms with Gasteiger partial charge in [0.05, 0.1) is 5.41 Å². The molecule has 216 valence electrons. The number of allylic oxidation sites excluding steroid dienone is 3. The van der Waals surface area contributed by atoms with E-state index in [0.29, 0.717) is 29.5 Å². The molecule has 4 heteroatoms. The predicted octanol–water partition coefficient (Wildman–Crippen LogP) is 8.39. The largest absolute Gasteiger partial charge is 0.481 e. The Kier molecular flexibility index (Phi) is 6.20. The summed E-state index contributed by atoms with van der Waals surface area (Å²) in [5.74, 6) is 1.57. The maximum absolute atomic E-state index is 13.9. The molecule has 0 unspecified atom stereocenters. The number of hydrogen-bond acceptors (Lipinski definition) is 3. The van der Waals surface area contributed by atoms with Crippen LogP contribution in [0.25, 0.3) is 6.08 Å². The van der Waals surface area contributed by atoms with Gasteiger partial charge in [-0.2, -0.15) is 0 Å². The van der Waals surface area contributed by atoms with Crippen molar-refractivity contribution in [2.24, 2.45) is 56.7 Å². The van der Waals surface area contributed by atoms with Crippen LogP contribution in [0.1, 0.15) is 105 Å². The fourth-order valence-electron chi connectivity index (χ4n) is 11.5. The standard InChI is InChI=1S/C36H49NO3/c1-22-12-15-36(31(39)40)17-16-34(6)26(29(36)23(22)2)10-11-28-33(5)20-25(19-24-9-8-18-37-21-24)30(38)32(3,4)27(33)13-14-35(28,34)7/h8-10,18-19,21-23,27-29H,11-17,20H2,1-7H3,(H,39,40)/b25-19+/t22-,23+,27+,28-,29+,33+,34-,35-,36+/m1/s1. The lowest BCUT2D eigenvalue weighted by Gasteiger charge is -2.70. The van der Waals surface area contributed by atoms with Gasteiger partial charge >= 0.3 is 5.97 Å². The third kappa shape index (κ3) is 3.46. The number of carbonyl (C=O) groups is 2. The summed E-state index contributed by atoms with van der Waals surface area (Å²) in [5, 5.41) is 10.7. The molecule has 4 saturated carbocycles. The quantitative estimate of drug-likeness (QED) is 0.300. The van der Waals surface area contributed by atoms with Gasteiger partial charge in [-0.05, 0) is 120 Å². The van der Waals surface area contributed by atoms with E-state index in [1.54, 1.807) is 6.20 Å². The third-order valence-electron chi connectivity index (χ3n) is 14.0. The number of nitrogens with zero attached hydrogens (tertiary/aromatic N) is 1. The van der Waals surface area contributed by atoms with Gasteiger partial charge in [-0.3, -0.25) is 14.6 Å². The minimum absolute atomic E-state index is 0.00367. The highest BCUT2D eigenvalue weighted by Crippen LogP contribution is 2.75. The monoisotopic (exact) mass is 543 g/mol. The third-order valence-corrected chi connectivity index (χ3v) is 14.0. The number of Topliss-reactive ketones (excluding diaryl/α,β-unsaturated/α-hetero) is 1. The van der Waals surface area contributed by atoms with Gasteiger partial charge in [0.1, 0.15) is 0 Å². The van der Waals surface area contributed by atoms with E-state index in [0.717, 1.165) is 62.5 Å². The van der Waals surface area contributed by atoms with Crippen molar-refractivity contribution in [3.63, 3.8) is 0 Å². The minimum Gasteiger partial charge on any atom is -0.481 e. The SMILES string of the molecule is C[C@H]1[C@H](C)CC[C@]2(C(=O)O)CC[C@]3(C)C(=CC[C@@H]4[C@@]5(C)C/C(=C\c6cccnc6)C(=O)C(C)(C)[C@@H]5CC[C@]43C)[C@H]12. The van der Waals surface area contributed by atoms with E-state index in [4.69, 9.17) is 0 Å². The molecule has 1 heterocycles. The maximum Gasteiger partial charge on any atom is 0.310 e. The Balaban J connectivity index is 1.46. The lowest BCUT2D eigenvalue weighted by Crippen LogP contribution is -2.65. The summed E-state index contributed by atoms with van der Waals surface area (Å²) in [6.45, 7) is 16.6. The average molecular weight is 544 g/mol. The first kappa shape index (κ1) is 27.9. The van der Waals surface area contributed by atoms with Crippen LogP contribution in [0.2, 0.25) is 0 Å². The second-order valence-corrected chi connectivity index (χ2v) is 15.8. The lowest BCUT2D eigenvalue weighted by molar-refractivity contribution is -0.185. The van der Waals surface area contributed by atoms with Crippen molar-refractivity contribution in [2.75, 3.05) is 0 Å². The highest BCUT2D eigenvalue weighted by atomic mass is 16.4. The average Bonchev–Trinajstić information content (AvgIpc) is 2.90. The molecule has 0 aromatic carbocycles. The molecule has 40 heavy (non-hydrogen) atoms. The van der Waals surface area contributed by atoms with Crippen molar-refractivity contribution in [2.45, 2.75) is 99.8 Å². The van der Waals surface area contributed by atoms with Crippen molar-refractivity contribution in [3.05, 3.63) is 47.3 Å². The van der Waals surface area contributed by atoms with E-state index in [1.165, 1.54) is 5.57 Å². The molecule has 5 aliphatic carbocycles. The molecular weight excluding hydrogens is 494 g/mol. The summed E-state index contributed by atoms with van der Waals surface area (Å²) >= 11 is 0. The zero-order valence-corrected chi connectivity index (χ0v) is 25.7. The molecule has 9 atom stereocenters. The Bertz CT molecular complexity index is 1290. The van der Waals surface area contributed by atoms with Crippen molar-refractivity contribution >= 4 is 17.8 Å². The number of fused-ring (bicyclic) bond motifs is 7. The topological polar surface area (TPSA) is 67.3 Å². The van der Waals surface area contributed by atoms with Crippen LogP contribution in [0.15, 0.2) is 41.7 Å². The number of carboxylic acids is 1. The molecule has 1 aromatic rings. The molecule has 6 rings (SSSR count). The van der Waals surface area contributed by atoms with Crippen molar-refractivity contribution in [3.8, 4) is 0 Å². The first-order chi connectivity index (χ1) is 18.7. The van der Waals surface area contributed by atoms with E-state index < -0.39 is 16.8 Å². The molecule has 4 nitrogen and oxygen atoms in total. The van der Waals surface area contributed by atoms with Crippen LogP contribution in [-0.4, -0.2) is 21.8 Å².